The lowest BCUT2D eigenvalue weighted by Crippen LogP contribution is -2.44. The minimum atomic E-state index is 0.237. The van der Waals surface area contributed by atoms with Crippen LogP contribution in [0.2, 0.25) is 0 Å². The predicted octanol–water partition coefficient (Wildman–Crippen LogP) is 4.15. The van der Waals surface area contributed by atoms with Crippen LogP contribution < -0.4 is 10.6 Å². The second-order valence-corrected chi connectivity index (χ2v) is 8.78. The fourth-order valence-electron chi connectivity index (χ4n) is 3.85. The Balaban J connectivity index is 2.02. The Morgan fingerprint density at radius 1 is 1.34 bits per heavy atom. The Hall–Kier alpha value is -2.77. The van der Waals surface area contributed by atoms with Gasteiger partial charge in [0.15, 0.2) is 0 Å². The van der Waals surface area contributed by atoms with E-state index in [4.69, 9.17) is 20.9 Å². The predicted molar refractivity (Wildman–Crippen MR) is 121 cm³/mol. The molecule has 6 nitrogen and oxygen atoms in total. The molecule has 0 spiro atoms. The molecule has 0 aromatic carbocycles. The first kappa shape index (κ1) is 19.5. The minimum absolute atomic E-state index is 0.237. The first-order valence-corrected chi connectivity index (χ1v) is 10.5. The average molecular weight is 408 g/mol. The maximum Gasteiger partial charge on any atom is 0.130 e. The summed E-state index contributed by atoms with van der Waals surface area (Å²) in [5.74, 6) is 0.906. The van der Waals surface area contributed by atoms with Gasteiger partial charge in [0, 0.05) is 34.1 Å². The van der Waals surface area contributed by atoms with Gasteiger partial charge in [-0.3, -0.25) is 4.98 Å². The normalized spacial score (nSPS) is 17.7. The van der Waals surface area contributed by atoms with Gasteiger partial charge in [0.25, 0.3) is 0 Å². The van der Waals surface area contributed by atoms with Gasteiger partial charge in [-0.05, 0) is 56.2 Å². The molecule has 1 aliphatic heterocycles. The number of aryl methyl sites for hydroxylation is 2. The Morgan fingerprint density at radius 3 is 2.86 bits per heavy atom. The van der Waals surface area contributed by atoms with E-state index >= 15 is 0 Å². The third-order valence-electron chi connectivity index (χ3n) is 5.24. The molecule has 7 heteroatoms. The molecule has 0 saturated carbocycles. The summed E-state index contributed by atoms with van der Waals surface area (Å²) >= 11 is 1.80. The number of nitrogens with two attached hydrogens (primary N) is 1. The van der Waals surface area contributed by atoms with Crippen molar-refractivity contribution < 1.29 is 4.74 Å². The SMILES string of the molecule is Cc1cc(-c2cc(N3CCOC[C@H]3C)nc3c(/C(N)=C/C=N)nccc23)c(C)s1. The zero-order chi connectivity index (χ0) is 20.5. The van der Waals surface area contributed by atoms with E-state index in [9.17, 15) is 0 Å². The van der Waals surface area contributed by atoms with Crippen LogP contribution in [0, 0.1) is 19.3 Å². The second kappa shape index (κ2) is 7.93. The molecule has 0 bridgehead atoms. The van der Waals surface area contributed by atoms with Crippen molar-refractivity contribution in [2.24, 2.45) is 5.73 Å². The van der Waals surface area contributed by atoms with E-state index in [1.54, 1.807) is 23.6 Å². The minimum Gasteiger partial charge on any atom is -0.397 e. The largest absolute Gasteiger partial charge is 0.397 e. The molecule has 4 rings (SSSR count). The van der Waals surface area contributed by atoms with Gasteiger partial charge in [-0.1, -0.05) is 0 Å². The van der Waals surface area contributed by atoms with Gasteiger partial charge >= 0.3 is 0 Å². The van der Waals surface area contributed by atoms with E-state index in [2.05, 4.69) is 42.8 Å². The number of allylic oxidation sites excluding steroid dienone is 1. The van der Waals surface area contributed by atoms with Gasteiger partial charge in [-0.2, -0.15) is 0 Å². The van der Waals surface area contributed by atoms with Crippen LogP contribution in [0.1, 0.15) is 22.4 Å². The molecule has 0 unspecified atom stereocenters. The van der Waals surface area contributed by atoms with Crippen LogP contribution in [-0.2, 0) is 4.74 Å². The van der Waals surface area contributed by atoms with E-state index < -0.39 is 0 Å². The van der Waals surface area contributed by atoms with Gasteiger partial charge in [0.05, 0.1) is 25.0 Å². The molecular weight excluding hydrogens is 382 g/mol. The summed E-state index contributed by atoms with van der Waals surface area (Å²) in [6.07, 6.45) is 4.49. The summed E-state index contributed by atoms with van der Waals surface area (Å²) in [7, 11) is 0. The van der Waals surface area contributed by atoms with E-state index in [1.165, 1.54) is 21.5 Å². The Kier molecular flexibility index (Phi) is 5.34. The molecule has 1 saturated heterocycles. The number of aromatic nitrogens is 2. The maximum atomic E-state index is 7.38. The molecule has 1 fully saturated rings. The molecule has 29 heavy (non-hydrogen) atoms. The summed E-state index contributed by atoms with van der Waals surface area (Å²) in [5.41, 5.74) is 10.4. The molecule has 0 aliphatic carbocycles. The number of anilines is 1. The molecule has 0 radical (unpaired) electrons. The number of nitrogens with one attached hydrogen (secondary N) is 1. The van der Waals surface area contributed by atoms with Crippen LogP contribution in [0.5, 0.6) is 0 Å². The number of nitrogens with zero attached hydrogens (tertiary/aromatic N) is 3. The fraction of sp³-hybridized carbons (Fsp3) is 0.318. The highest BCUT2D eigenvalue weighted by Gasteiger charge is 2.23. The molecule has 3 N–H and O–H groups in total. The van der Waals surface area contributed by atoms with Gasteiger partial charge in [0.1, 0.15) is 17.0 Å². The molecule has 1 aliphatic rings. The van der Waals surface area contributed by atoms with Crippen LogP contribution in [0.25, 0.3) is 27.7 Å². The van der Waals surface area contributed by atoms with Crippen molar-refractivity contribution in [2.75, 3.05) is 24.7 Å². The zero-order valence-electron chi connectivity index (χ0n) is 16.9. The van der Waals surface area contributed by atoms with Crippen molar-refractivity contribution in [3.63, 3.8) is 0 Å². The van der Waals surface area contributed by atoms with Gasteiger partial charge in [-0.25, -0.2) is 4.98 Å². The summed E-state index contributed by atoms with van der Waals surface area (Å²) < 4.78 is 5.62. The number of fused-ring (bicyclic) bond motifs is 1. The molecule has 150 valence electrons. The monoisotopic (exact) mass is 407 g/mol. The fourth-order valence-corrected chi connectivity index (χ4v) is 4.79. The molecular formula is C22H25N5OS. The highest BCUT2D eigenvalue weighted by Crippen LogP contribution is 2.38. The van der Waals surface area contributed by atoms with Crippen LogP contribution in [0.4, 0.5) is 5.82 Å². The summed E-state index contributed by atoms with van der Waals surface area (Å²) in [5, 5.41) is 8.39. The third-order valence-corrected chi connectivity index (χ3v) is 6.21. The number of thiophene rings is 1. The van der Waals surface area contributed by atoms with Crippen LogP contribution in [0.15, 0.2) is 30.5 Å². The Labute approximate surface area is 174 Å². The van der Waals surface area contributed by atoms with E-state index in [0.29, 0.717) is 24.6 Å². The summed E-state index contributed by atoms with van der Waals surface area (Å²) in [6.45, 7) is 8.60. The number of hydrogen-bond donors (Lipinski definition) is 2. The lowest BCUT2D eigenvalue weighted by Gasteiger charge is -2.34. The number of rotatable bonds is 4. The lowest BCUT2D eigenvalue weighted by atomic mass is 10.00. The first-order valence-electron chi connectivity index (χ1n) is 9.67. The molecule has 4 heterocycles. The maximum absolute atomic E-state index is 7.38. The molecule has 1 atom stereocenters. The third kappa shape index (κ3) is 3.63. The Bertz CT molecular complexity index is 1100. The number of ether oxygens (including phenoxy) is 1. The number of pyridine rings is 2. The van der Waals surface area contributed by atoms with E-state index in [1.807, 2.05) is 6.07 Å². The van der Waals surface area contributed by atoms with Crippen LogP contribution >= 0.6 is 11.3 Å². The average Bonchev–Trinajstić information content (AvgIpc) is 3.05. The second-order valence-electron chi connectivity index (χ2n) is 7.32. The van der Waals surface area contributed by atoms with Crippen LogP contribution in [-0.4, -0.2) is 42.0 Å². The van der Waals surface area contributed by atoms with Gasteiger partial charge < -0.3 is 20.8 Å². The van der Waals surface area contributed by atoms with Crippen molar-refractivity contribution in [1.29, 1.82) is 5.41 Å². The van der Waals surface area contributed by atoms with E-state index in [0.717, 1.165) is 28.8 Å². The molecule has 0 amide bonds. The van der Waals surface area contributed by atoms with Crippen molar-refractivity contribution in [3.05, 3.63) is 45.9 Å². The highest BCUT2D eigenvalue weighted by molar-refractivity contribution is 7.12. The zero-order valence-corrected chi connectivity index (χ0v) is 17.7. The van der Waals surface area contributed by atoms with Gasteiger partial charge in [0.2, 0.25) is 0 Å². The number of hydrogen-bond acceptors (Lipinski definition) is 7. The lowest BCUT2D eigenvalue weighted by molar-refractivity contribution is 0.0986. The topological polar surface area (TPSA) is 88.1 Å². The van der Waals surface area contributed by atoms with Crippen molar-refractivity contribution in [3.8, 4) is 11.1 Å². The van der Waals surface area contributed by atoms with Gasteiger partial charge in [-0.15, -0.1) is 11.3 Å². The van der Waals surface area contributed by atoms with E-state index in [-0.39, 0.29) is 6.04 Å². The molecule has 3 aromatic heterocycles. The highest BCUT2D eigenvalue weighted by atomic mass is 32.1. The summed E-state index contributed by atoms with van der Waals surface area (Å²) in [6, 6.07) is 6.65. The first-order chi connectivity index (χ1) is 14.0. The summed E-state index contributed by atoms with van der Waals surface area (Å²) in [4.78, 5) is 14.3. The number of morpholine rings is 1. The molecule has 3 aromatic rings. The smallest absolute Gasteiger partial charge is 0.130 e. The van der Waals surface area contributed by atoms with Crippen molar-refractivity contribution in [2.45, 2.75) is 26.8 Å². The standard InChI is InChI=1S/C22H25N5OS/c1-13-12-28-9-8-27(13)20-11-18(17-10-14(2)29-15(17)3)16-5-7-25-22(21(16)26-20)19(24)4-6-23/h4-7,10-11,13,23H,8-9,12,24H2,1-3H3/b19-4-,23-6?/t13-/m1/s1. The Morgan fingerprint density at radius 2 is 2.17 bits per heavy atom. The van der Waals surface area contributed by atoms with Crippen LogP contribution in [0.3, 0.4) is 0 Å². The quantitative estimate of drug-likeness (QED) is 0.634. The van der Waals surface area contributed by atoms with Crippen molar-refractivity contribution in [1.82, 2.24) is 9.97 Å². The van der Waals surface area contributed by atoms with Crippen molar-refractivity contribution >= 4 is 40.0 Å².